The van der Waals surface area contributed by atoms with Crippen molar-refractivity contribution in [3.63, 3.8) is 0 Å². The summed E-state index contributed by atoms with van der Waals surface area (Å²) >= 11 is 6.38. The Balaban J connectivity index is 2.07. The summed E-state index contributed by atoms with van der Waals surface area (Å²) in [5, 5.41) is 9.86. The molecule has 30 heavy (non-hydrogen) atoms. The van der Waals surface area contributed by atoms with E-state index in [1.165, 1.54) is 11.0 Å². The molecule has 1 heterocycles. The van der Waals surface area contributed by atoms with Crippen molar-refractivity contribution in [1.82, 2.24) is 4.90 Å². The van der Waals surface area contributed by atoms with Gasteiger partial charge >= 0.3 is 5.97 Å². The summed E-state index contributed by atoms with van der Waals surface area (Å²) in [4.78, 5) is 27.5. The molecule has 0 unspecified atom stereocenters. The van der Waals surface area contributed by atoms with Crippen LogP contribution in [0, 0.1) is 11.3 Å². The Bertz CT molecular complexity index is 1070. The van der Waals surface area contributed by atoms with Crippen molar-refractivity contribution in [2.45, 2.75) is 25.8 Å². The van der Waals surface area contributed by atoms with Crippen molar-refractivity contribution in [2.75, 3.05) is 6.61 Å². The average Bonchev–Trinajstić information content (AvgIpc) is 2.75. The third kappa shape index (κ3) is 4.29. The number of nitriles is 1. The maximum atomic E-state index is 13.1. The minimum atomic E-state index is -0.511. The number of halogens is 1. The van der Waals surface area contributed by atoms with Crippen molar-refractivity contribution in [3.05, 3.63) is 94.2 Å². The highest BCUT2D eigenvalue weighted by Crippen LogP contribution is 2.40. The predicted molar refractivity (Wildman–Crippen MR) is 114 cm³/mol. The molecular weight excluding hydrogens is 400 g/mol. The second-order valence-corrected chi connectivity index (χ2v) is 7.32. The molecule has 0 radical (unpaired) electrons. The summed E-state index contributed by atoms with van der Waals surface area (Å²) in [6, 6.07) is 16.4. The van der Waals surface area contributed by atoms with Gasteiger partial charge in [0, 0.05) is 23.1 Å². The normalized spacial score (nSPS) is 16.2. The van der Waals surface area contributed by atoms with Crippen LogP contribution < -0.4 is 0 Å². The maximum Gasteiger partial charge on any atom is 0.336 e. The number of benzene rings is 2. The molecule has 1 atom stereocenters. The topological polar surface area (TPSA) is 70.4 Å². The molecule has 5 nitrogen and oxygen atoms in total. The molecule has 152 valence electrons. The Hall–Kier alpha value is -3.36. The third-order valence-corrected chi connectivity index (χ3v) is 5.47. The van der Waals surface area contributed by atoms with Crippen molar-refractivity contribution in [2.24, 2.45) is 0 Å². The number of esters is 1. The van der Waals surface area contributed by atoms with Gasteiger partial charge in [-0.05, 0) is 30.2 Å². The van der Waals surface area contributed by atoms with Crippen LogP contribution in [0.4, 0.5) is 0 Å². The first-order chi connectivity index (χ1) is 14.5. The zero-order chi connectivity index (χ0) is 21.7. The average molecular weight is 421 g/mol. The van der Waals surface area contributed by atoms with Crippen LogP contribution >= 0.6 is 11.6 Å². The van der Waals surface area contributed by atoms with Crippen LogP contribution in [0.15, 0.2) is 72.5 Å². The van der Waals surface area contributed by atoms with Gasteiger partial charge < -0.3 is 9.64 Å². The fourth-order valence-corrected chi connectivity index (χ4v) is 3.91. The van der Waals surface area contributed by atoms with Gasteiger partial charge in [0.15, 0.2) is 0 Å². The van der Waals surface area contributed by atoms with Crippen LogP contribution in [0.3, 0.4) is 0 Å². The van der Waals surface area contributed by atoms with Gasteiger partial charge in [0.1, 0.15) is 6.61 Å². The molecule has 0 N–H and O–H groups in total. The Morgan fingerprint density at radius 1 is 1.30 bits per heavy atom. The van der Waals surface area contributed by atoms with Crippen LogP contribution in [0.5, 0.6) is 0 Å². The van der Waals surface area contributed by atoms with E-state index in [-0.39, 0.29) is 25.5 Å². The van der Waals surface area contributed by atoms with Crippen LogP contribution in [-0.4, -0.2) is 23.4 Å². The van der Waals surface area contributed by atoms with E-state index in [1.807, 2.05) is 18.2 Å². The van der Waals surface area contributed by atoms with Crippen LogP contribution in [0.2, 0.25) is 5.02 Å². The fourth-order valence-electron chi connectivity index (χ4n) is 3.64. The lowest BCUT2D eigenvalue weighted by Gasteiger charge is -2.35. The number of nitrogens with zero attached hydrogens (tertiary/aromatic N) is 2. The first-order valence-corrected chi connectivity index (χ1v) is 9.87. The van der Waals surface area contributed by atoms with E-state index < -0.39 is 11.9 Å². The molecule has 0 spiro atoms. The van der Waals surface area contributed by atoms with Gasteiger partial charge in [-0.3, -0.25) is 4.79 Å². The Labute approximate surface area is 180 Å². The van der Waals surface area contributed by atoms with Crippen LogP contribution in [0.25, 0.3) is 0 Å². The molecule has 3 rings (SSSR count). The number of hydrogen-bond donors (Lipinski definition) is 0. The van der Waals surface area contributed by atoms with E-state index in [0.29, 0.717) is 33.0 Å². The molecule has 0 aliphatic carbocycles. The summed E-state index contributed by atoms with van der Waals surface area (Å²) in [5.74, 6) is -1.17. The standard InChI is InChI=1S/C24H21ClN2O3/c1-3-12-30-24(29)23-16(2)27(15-18-9-5-4-8-17(18)14-26)22(28)13-20(23)19-10-6-7-11-21(19)25/h3-11,20H,1,12-13,15H2,2H3/t20-/m1/s1. The lowest BCUT2D eigenvalue weighted by atomic mass is 9.83. The molecule has 0 saturated carbocycles. The largest absolute Gasteiger partial charge is 0.458 e. The van der Waals surface area contributed by atoms with E-state index in [0.717, 1.165) is 0 Å². The van der Waals surface area contributed by atoms with E-state index in [1.54, 1.807) is 37.3 Å². The summed E-state index contributed by atoms with van der Waals surface area (Å²) in [7, 11) is 0. The first kappa shape index (κ1) is 21.4. The van der Waals surface area contributed by atoms with E-state index >= 15 is 0 Å². The molecule has 1 amide bonds. The molecule has 6 heteroatoms. The molecule has 0 fully saturated rings. The number of ether oxygens (including phenoxy) is 1. The number of carbonyl (C=O) groups excluding carboxylic acids is 2. The molecule has 0 bridgehead atoms. The zero-order valence-corrected chi connectivity index (χ0v) is 17.4. The first-order valence-electron chi connectivity index (χ1n) is 9.49. The monoisotopic (exact) mass is 420 g/mol. The highest BCUT2D eigenvalue weighted by atomic mass is 35.5. The summed E-state index contributed by atoms with van der Waals surface area (Å²) in [6.45, 7) is 5.56. The Morgan fingerprint density at radius 3 is 2.70 bits per heavy atom. The maximum absolute atomic E-state index is 13.1. The van der Waals surface area contributed by atoms with Crippen LogP contribution in [0.1, 0.15) is 36.0 Å². The number of allylic oxidation sites excluding steroid dienone is 1. The molecule has 2 aromatic rings. The van der Waals surface area contributed by atoms with E-state index in [9.17, 15) is 14.9 Å². The minimum Gasteiger partial charge on any atom is -0.458 e. The lowest BCUT2D eigenvalue weighted by molar-refractivity contribution is -0.139. The van der Waals surface area contributed by atoms with Gasteiger partial charge in [0.2, 0.25) is 5.91 Å². The fraction of sp³-hybridized carbons (Fsp3) is 0.208. The smallest absolute Gasteiger partial charge is 0.336 e. The number of rotatable bonds is 6. The number of carbonyl (C=O) groups is 2. The van der Waals surface area contributed by atoms with Crippen molar-refractivity contribution in [3.8, 4) is 6.07 Å². The highest BCUT2D eigenvalue weighted by Gasteiger charge is 2.37. The van der Waals surface area contributed by atoms with Crippen molar-refractivity contribution in [1.29, 1.82) is 5.26 Å². The van der Waals surface area contributed by atoms with Crippen LogP contribution in [-0.2, 0) is 20.9 Å². The summed E-state index contributed by atoms with van der Waals surface area (Å²) in [6.07, 6.45) is 1.57. The molecule has 0 saturated heterocycles. The van der Waals surface area contributed by atoms with E-state index in [2.05, 4.69) is 12.6 Å². The van der Waals surface area contributed by atoms with E-state index in [4.69, 9.17) is 16.3 Å². The second kappa shape index (κ2) is 9.43. The van der Waals surface area contributed by atoms with Crippen molar-refractivity contribution >= 4 is 23.5 Å². The third-order valence-electron chi connectivity index (χ3n) is 5.12. The molecular formula is C24H21ClN2O3. The second-order valence-electron chi connectivity index (χ2n) is 6.91. The summed E-state index contributed by atoms with van der Waals surface area (Å²) in [5.41, 5.74) is 2.79. The SMILES string of the molecule is C=CCOC(=O)C1=C(C)N(Cc2ccccc2C#N)C(=O)C[C@@H]1c1ccccc1Cl. The number of amides is 1. The Kier molecular flexibility index (Phi) is 6.71. The predicted octanol–water partition coefficient (Wildman–Crippen LogP) is 4.73. The quantitative estimate of drug-likeness (QED) is 0.500. The van der Waals surface area contributed by atoms with Gasteiger partial charge in [-0.25, -0.2) is 4.79 Å². The van der Waals surface area contributed by atoms with Gasteiger partial charge in [0.05, 0.1) is 23.8 Å². The van der Waals surface area contributed by atoms with Crippen molar-refractivity contribution < 1.29 is 14.3 Å². The van der Waals surface area contributed by atoms with Gasteiger partial charge in [-0.2, -0.15) is 5.26 Å². The minimum absolute atomic E-state index is 0.0655. The van der Waals surface area contributed by atoms with Gasteiger partial charge in [-0.1, -0.05) is 60.7 Å². The molecule has 0 aromatic heterocycles. The zero-order valence-electron chi connectivity index (χ0n) is 16.6. The molecule has 2 aromatic carbocycles. The lowest BCUT2D eigenvalue weighted by Crippen LogP contribution is -2.38. The molecule has 1 aliphatic rings. The highest BCUT2D eigenvalue weighted by molar-refractivity contribution is 6.31. The number of hydrogen-bond acceptors (Lipinski definition) is 4. The summed E-state index contributed by atoms with van der Waals surface area (Å²) < 4.78 is 5.32. The van der Waals surface area contributed by atoms with Gasteiger partial charge in [0.25, 0.3) is 0 Å². The van der Waals surface area contributed by atoms with Gasteiger partial charge in [-0.15, -0.1) is 0 Å². The molecule has 1 aliphatic heterocycles. The Morgan fingerprint density at radius 2 is 2.00 bits per heavy atom.